The van der Waals surface area contributed by atoms with Gasteiger partial charge in [-0.05, 0) is 32.0 Å². The highest BCUT2D eigenvalue weighted by molar-refractivity contribution is 5.76. The quantitative estimate of drug-likeness (QED) is 0.469. The highest BCUT2D eigenvalue weighted by atomic mass is 16.5. The average Bonchev–Trinajstić information content (AvgIpc) is 2.62. The van der Waals surface area contributed by atoms with E-state index < -0.39 is 11.4 Å². The van der Waals surface area contributed by atoms with E-state index in [2.05, 4.69) is 4.85 Å². The van der Waals surface area contributed by atoms with Gasteiger partial charge in [-0.15, -0.1) is 0 Å². The van der Waals surface area contributed by atoms with Crippen LogP contribution in [0.5, 0.6) is 11.5 Å². The zero-order chi connectivity index (χ0) is 18.4. The minimum absolute atomic E-state index is 0.00637. The SMILES string of the molecule is [C-]#[N+]C1(c2ccc(OC)c(OC(C)C)c2)CCN(CC(=O)NO)CC1. The summed E-state index contributed by atoms with van der Waals surface area (Å²) in [6.07, 6.45) is 1.23. The molecule has 1 saturated heterocycles. The van der Waals surface area contributed by atoms with Crippen LogP contribution in [0.4, 0.5) is 0 Å². The summed E-state index contributed by atoms with van der Waals surface area (Å²) in [5.74, 6) is 0.849. The lowest BCUT2D eigenvalue weighted by Gasteiger charge is -2.33. The van der Waals surface area contributed by atoms with Crippen molar-refractivity contribution in [2.45, 2.75) is 38.3 Å². The predicted molar refractivity (Wildman–Crippen MR) is 92.6 cm³/mol. The number of piperidine rings is 1. The Kier molecular flexibility index (Phi) is 6.23. The summed E-state index contributed by atoms with van der Waals surface area (Å²) >= 11 is 0. The topological polar surface area (TPSA) is 75.4 Å². The fraction of sp³-hybridized carbons (Fsp3) is 0.556. The number of nitrogens with zero attached hydrogens (tertiary/aromatic N) is 2. The Morgan fingerprint density at radius 2 is 2.08 bits per heavy atom. The lowest BCUT2D eigenvalue weighted by molar-refractivity contribution is -0.130. The minimum atomic E-state index is -0.631. The normalized spacial score (nSPS) is 17.0. The van der Waals surface area contributed by atoms with Gasteiger partial charge in [0.05, 0.1) is 19.8 Å². The molecule has 136 valence electrons. The highest BCUT2D eigenvalue weighted by Gasteiger charge is 2.43. The lowest BCUT2D eigenvalue weighted by atomic mass is 9.81. The molecule has 0 saturated carbocycles. The molecule has 0 aromatic heterocycles. The molecule has 25 heavy (non-hydrogen) atoms. The van der Waals surface area contributed by atoms with Gasteiger partial charge in [-0.2, -0.15) is 0 Å². The molecule has 1 aromatic rings. The number of hydrogen-bond donors (Lipinski definition) is 2. The van der Waals surface area contributed by atoms with Gasteiger partial charge >= 0.3 is 0 Å². The van der Waals surface area contributed by atoms with Gasteiger partial charge in [-0.25, -0.2) is 12.1 Å². The monoisotopic (exact) mass is 347 g/mol. The summed E-state index contributed by atoms with van der Waals surface area (Å²) < 4.78 is 11.2. The smallest absolute Gasteiger partial charge is 0.260 e. The van der Waals surface area contributed by atoms with E-state index in [0.717, 1.165) is 5.56 Å². The van der Waals surface area contributed by atoms with E-state index in [-0.39, 0.29) is 12.6 Å². The second kappa shape index (κ2) is 8.19. The first-order valence-corrected chi connectivity index (χ1v) is 8.33. The Labute approximate surface area is 148 Å². The van der Waals surface area contributed by atoms with Crippen LogP contribution in [0.25, 0.3) is 4.85 Å². The third kappa shape index (κ3) is 4.41. The Morgan fingerprint density at radius 1 is 1.40 bits per heavy atom. The number of carbonyl (C=O) groups excluding carboxylic acids is 1. The molecule has 0 aliphatic carbocycles. The largest absolute Gasteiger partial charge is 0.493 e. The van der Waals surface area contributed by atoms with Crippen molar-refractivity contribution < 1.29 is 19.5 Å². The van der Waals surface area contributed by atoms with Gasteiger partial charge in [0.1, 0.15) is 0 Å². The zero-order valence-electron chi connectivity index (χ0n) is 14.9. The average molecular weight is 347 g/mol. The lowest BCUT2D eigenvalue weighted by Crippen LogP contribution is -2.44. The summed E-state index contributed by atoms with van der Waals surface area (Å²) in [5.41, 5.74) is 1.92. The number of amides is 1. The second-order valence-corrected chi connectivity index (χ2v) is 6.49. The third-order valence-corrected chi connectivity index (χ3v) is 4.45. The number of ether oxygens (including phenoxy) is 2. The summed E-state index contributed by atoms with van der Waals surface area (Å²) in [6, 6.07) is 5.65. The Balaban J connectivity index is 2.21. The molecule has 1 aliphatic heterocycles. The van der Waals surface area contributed by atoms with Crippen molar-refractivity contribution in [3.05, 3.63) is 35.2 Å². The Morgan fingerprint density at radius 3 is 2.60 bits per heavy atom. The first-order valence-electron chi connectivity index (χ1n) is 8.33. The molecule has 1 heterocycles. The maximum Gasteiger partial charge on any atom is 0.260 e. The number of hydrogen-bond acceptors (Lipinski definition) is 5. The molecule has 0 atom stereocenters. The van der Waals surface area contributed by atoms with Crippen molar-refractivity contribution >= 4 is 5.91 Å². The zero-order valence-corrected chi connectivity index (χ0v) is 14.9. The van der Waals surface area contributed by atoms with E-state index in [9.17, 15) is 4.79 Å². The first-order chi connectivity index (χ1) is 11.9. The second-order valence-electron chi connectivity index (χ2n) is 6.49. The van der Waals surface area contributed by atoms with Crippen LogP contribution in [0.2, 0.25) is 0 Å². The van der Waals surface area contributed by atoms with Crippen LogP contribution in [-0.4, -0.2) is 48.9 Å². The molecule has 2 N–H and O–H groups in total. The Hall–Kier alpha value is -2.30. The van der Waals surface area contributed by atoms with Gasteiger partial charge < -0.3 is 14.3 Å². The van der Waals surface area contributed by atoms with Crippen molar-refractivity contribution in [2.24, 2.45) is 0 Å². The molecular formula is C18H25N3O4. The minimum Gasteiger partial charge on any atom is -0.493 e. The van der Waals surface area contributed by atoms with E-state index in [0.29, 0.717) is 37.4 Å². The number of rotatable bonds is 6. The van der Waals surface area contributed by atoms with Gasteiger partial charge in [0.25, 0.3) is 11.4 Å². The predicted octanol–water partition coefficient (Wildman–Crippen LogP) is 2.20. The number of methoxy groups -OCH3 is 1. The van der Waals surface area contributed by atoms with Crippen molar-refractivity contribution in [3.8, 4) is 11.5 Å². The van der Waals surface area contributed by atoms with Crippen LogP contribution >= 0.6 is 0 Å². The van der Waals surface area contributed by atoms with E-state index in [1.165, 1.54) is 0 Å². The van der Waals surface area contributed by atoms with Crippen molar-refractivity contribution in [3.63, 3.8) is 0 Å². The van der Waals surface area contributed by atoms with Crippen molar-refractivity contribution in [2.75, 3.05) is 26.7 Å². The number of benzene rings is 1. The maximum absolute atomic E-state index is 11.3. The fourth-order valence-electron chi connectivity index (χ4n) is 3.10. The van der Waals surface area contributed by atoms with E-state index >= 15 is 0 Å². The molecular weight excluding hydrogens is 322 g/mol. The first kappa shape index (κ1) is 19.0. The summed E-state index contributed by atoms with van der Waals surface area (Å²) in [7, 11) is 1.59. The molecule has 1 aliphatic rings. The third-order valence-electron chi connectivity index (χ3n) is 4.45. The summed E-state index contributed by atoms with van der Waals surface area (Å²) in [6.45, 7) is 13.0. The number of carbonyl (C=O) groups is 1. The van der Waals surface area contributed by atoms with Gasteiger partial charge in [0.15, 0.2) is 11.5 Å². The van der Waals surface area contributed by atoms with Crippen LogP contribution in [-0.2, 0) is 10.3 Å². The summed E-state index contributed by atoms with van der Waals surface area (Å²) in [4.78, 5) is 17.2. The van der Waals surface area contributed by atoms with Gasteiger partial charge in [-0.3, -0.25) is 14.9 Å². The molecule has 7 heteroatoms. The van der Waals surface area contributed by atoms with Gasteiger partial charge in [0, 0.05) is 31.5 Å². The van der Waals surface area contributed by atoms with Crippen LogP contribution < -0.4 is 15.0 Å². The standard InChI is InChI=1S/C18H25N3O4/c1-13(2)25-16-11-14(5-6-15(16)24-4)18(19-3)7-9-21(10-8-18)12-17(22)20-23/h5-6,11,13,23H,7-10,12H2,1-2,4H3,(H,20,22). The molecule has 2 rings (SSSR count). The molecule has 1 fully saturated rings. The Bertz CT molecular complexity index is 646. The molecule has 1 aromatic carbocycles. The molecule has 7 nitrogen and oxygen atoms in total. The summed E-state index contributed by atoms with van der Waals surface area (Å²) in [5, 5.41) is 8.64. The van der Waals surface area contributed by atoms with Crippen molar-refractivity contribution in [1.82, 2.24) is 10.4 Å². The van der Waals surface area contributed by atoms with Crippen LogP contribution in [0.15, 0.2) is 18.2 Å². The number of nitrogens with one attached hydrogen (secondary N) is 1. The van der Waals surface area contributed by atoms with E-state index in [1.54, 1.807) is 12.6 Å². The van der Waals surface area contributed by atoms with E-state index in [4.69, 9.17) is 21.3 Å². The number of likely N-dealkylation sites (tertiary alicyclic amines) is 1. The molecule has 0 bridgehead atoms. The van der Waals surface area contributed by atoms with Gasteiger partial charge in [0.2, 0.25) is 0 Å². The van der Waals surface area contributed by atoms with Crippen LogP contribution in [0, 0.1) is 6.57 Å². The fourth-order valence-corrected chi connectivity index (χ4v) is 3.10. The molecule has 0 unspecified atom stereocenters. The molecule has 1 amide bonds. The number of hydroxylamine groups is 1. The molecule has 0 spiro atoms. The van der Waals surface area contributed by atoms with E-state index in [1.807, 2.05) is 36.9 Å². The highest BCUT2D eigenvalue weighted by Crippen LogP contribution is 2.41. The van der Waals surface area contributed by atoms with Gasteiger partial charge in [-0.1, -0.05) is 0 Å². The molecule has 0 radical (unpaired) electrons. The van der Waals surface area contributed by atoms with Crippen molar-refractivity contribution in [1.29, 1.82) is 0 Å². The van der Waals surface area contributed by atoms with Crippen LogP contribution in [0.3, 0.4) is 0 Å². The van der Waals surface area contributed by atoms with Crippen LogP contribution in [0.1, 0.15) is 32.3 Å². The maximum atomic E-state index is 11.3.